The summed E-state index contributed by atoms with van der Waals surface area (Å²) >= 11 is 0. The van der Waals surface area contributed by atoms with Crippen molar-refractivity contribution in [3.8, 4) is 11.5 Å². The molecular weight excluding hydrogens is 192 g/mol. The van der Waals surface area contributed by atoms with Crippen molar-refractivity contribution < 1.29 is 14.3 Å². The molecule has 0 bridgehead atoms. The van der Waals surface area contributed by atoms with Gasteiger partial charge >= 0.3 is 0 Å². The monoisotopic (exact) mass is 206 g/mol. The Bertz CT molecular complexity index is 380. The number of ether oxygens (including phenoxy) is 2. The van der Waals surface area contributed by atoms with Crippen molar-refractivity contribution in [2.45, 2.75) is 6.92 Å². The maximum atomic E-state index is 10.8. The molecule has 0 radical (unpaired) electrons. The highest BCUT2D eigenvalue weighted by Crippen LogP contribution is 2.27. The smallest absolute Gasteiger partial charge is 0.161 e. The van der Waals surface area contributed by atoms with Gasteiger partial charge in [0.25, 0.3) is 0 Å². The number of carbonyl (C=O) groups is 1. The van der Waals surface area contributed by atoms with E-state index in [1.54, 1.807) is 26.4 Å². The SMILES string of the molecule is COc1ccc(/C=C\C(C)=O)cc1OC. The molecule has 3 nitrogen and oxygen atoms in total. The van der Waals surface area contributed by atoms with Gasteiger partial charge in [0, 0.05) is 0 Å². The van der Waals surface area contributed by atoms with Crippen LogP contribution in [-0.4, -0.2) is 20.0 Å². The van der Waals surface area contributed by atoms with Crippen molar-refractivity contribution in [1.82, 2.24) is 0 Å². The molecule has 0 unspecified atom stereocenters. The molecule has 0 atom stereocenters. The Labute approximate surface area is 89.3 Å². The van der Waals surface area contributed by atoms with E-state index in [1.165, 1.54) is 13.0 Å². The van der Waals surface area contributed by atoms with Gasteiger partial charge in [-0.05, 0) is 30.7 Å². The zero-order valence-corrected chi connectivity index (χ0v) is 9.11. The van der Waals surface area contributed by atoms with E-state index in [0.717, 1.165) is 5.56 Å². The molecule has 0 aliphatic carbocycles. The summed E-state index contributed by atoms with van der Waals surface area (Å²) < 4.78 is 10.2. The van der Waals surface area contributed by atoms with Crippen LogP contribution in [0.25, 0.3) is 6.08 Å². The first-order valence-electron chi connectivity index (χ1n) is 4.58. The fourth-order valence-corrected chi connectivity index (χ4v) is 1.17. The number of rotatable bonds is 4. The number of methoxy groups -OCH3 is 2. The Balaban J connectivity index is 2.97. The first kappa shape index (κ1) is 11.3. The summed E-state index contributed by atoms with van der Waals surface area (Å²) in [5.41, 5.74) is 0.905. The molecule has 1 rings (SSSR count). The highest BCUT2D eigenvalue weighted by Gasteiger charge is 2.02. The largest absolute Gasteiger partial charge is 0.493 e. The third kappa shape index (κ3) is 3.13. The summed E-state index contributed by atoms with van der Waals surface area (Å²) in [6.45, 7) is 1.51. The van der Waals surface area contributed by atoms with Gasteiger partial charge in [-0.1, -0.05) is 12.1 Å². The molecule has 80 valence electrons. The lowest BCUT2D eigenvalue weighted by atomic mass is 10.2. The van der Waals surface area contributed by atoms with Crippen LogP contribution in [0, 0.1) is 0 Å². The molecule has 0 saturated carbocycles. The second-order valence-electron chi connectivity index (χ2n) is 3.06. The van der Waals surface area contributed by atoms with Crippen molar-refractivity contribution in [2.75, 3.05) is 14.2 Å². The lowest BCUT2D eigenvalue weighted by Crippen LogP contribution is -1.90. The quantitative estimate of drug-likeness (QED) is 0.709. The summed E-state index contributed by atoms with van der Waals surface area (Å²) in [4.78, 5) is 10.8. The summed E-state index contributed by atoms with van der Waals surface area (Å²) in [5.74, 6) is 1.35. The highest BCUT2D eigenvalue weighted by molar-refractivity contribution is 5.91. The first-order chi connectivity index (χ1) is 7.17. The van der Waals surface area contributed by atoms with Gasteiger partial charge in [-0.25, -0.2) is 0 Å². The molecule has 0 aliphatic heterocycles. The molecule has 0 spiro atoms. The Morgan fingerprint density at radius 2 is 1.87 bits per heavy atom. The number of carbonyl (C=O) groups excluding carboxylic acids is 1. The van der Waals surface area contributed by atoms with E-state index in [2.05, 4.69) is 0 Å². The maximum absolute atomic E-state index is 10.8. The lowest BCUT2D eigenvalue weighted by molar-refractivity contribution is -0.112. The Kier molecular flexibility index (Phi) is 3.92. The van der Waals surface area contributed by atoms with Crippen LogP contribution in [0.15, 0.2) is 24.3 Å². The Morgan fingerprint density at radius 3 is 2.40 bits per heavy atom. The van der Waals surface area contributed by atoms with Crippen molar-refractivity contribution in [3.05, 3.63) is 29.8 Å². The summed E-state index contributed by atoms with van der Waals surface area (Å²) in [6.07, 6.45) is 3.26. The second kappa shape index (κ2) is 5.20. The van der Waals surface area contributed by atoms with E-state index in [1.807, 2.05) is 12.1 Å². The average Bonchev–Trinajstić information content (AvgIpc) is 2.25. The molecular formula is C12H14O3. The van der Waals surface area contributed by atoms with Crippen LogP contribution in [0.2, 0.25) is 0 Å². The van der Waals surface area contributed by atoms with Crippen molar-refractivity contribution >= 4 is 11.9 Å². The maximum Gasteiger partial charge on any atom is 0.161 e. The Hall–Kier alpha value is -1.77. The minimum absolute atomic E-state index is 0.0183. The summed E-state index contributed by atoms with van der Waals surface area (Å²) in [5, 5.41) is 0. The number of ketones is 1. The van der Waals surface area contributed by atoms with Crippen molar-refractivity contribution in [1.29, 1.82) is 0 Å². The minimum Gasteiger partial charge on any atom is -0.493 e. The zero-order valence-electron chi connectivity index (χ0n) is 9.11. The number of allylic oxidation sites excluding steroid dienone is 1. The van der Waals surface area contributed by atoms with Gasteiger partial charge in [0.05, 0.1) is 14.2 Å². The molecule has 1 aromatic rings. The molecule has 0 fully saturated rings. The average molecular weight is 206 g/mol. The highest BCUT2D eigenvalue weighted by atomic mass is 16.5. The number of hydrogen-bond acceptors (Lipinski definition) is 3. The first-order valence-corrected chi connectivity index (χ1v) is 4.58. The minimum atomic E-state index is 0.0183. The standard InChI is InChI=1S/C12H14O3/c1-9(13)4-5-10-6-7-11(14-2)12(8-10)15-3/h4-8H,1-3H3/b5-4-. The van der Waals surface area contributed by atoms with E-state index in [-0.39, 0.29) is 5.78 Å². The lowest BCUT2D eigenvalue weighted by Gasteiger charge is -2.07. The van der Waals surface area contributed by atoms with Gasteiger partial charge in [0.2, 0.25) is 0 Å². The van der Waals surface area contributed by atoms with Crippen molar-refractivity contribution in [2.24, 2.45) is 0 Å². The van der Waals surface area contributed by atoms with Gasteiger partial charge < -0.3 is 9.47 Å². The molecule has 3 heteroatoms. The van der Waals surface area contributed by atoms with Gasteiger partial charge in [-0.2, -0.15) is 0 Å². The van der Waals surface area contributed by atoms with Crippen molar-refractivity contribution in [3.63, 3.8) is 0 Å². The topological polar surface area (TPSA) is 35.5 Å². The third-order valence-corrected chi connectivity index (χ3v) is 1.92. The molecule has 0 amide bonds. The van der Waals surface area contributed by atoms with Gasteiger partial charge in [0.1, 0.15) is 0 Å². The van der Waals surface area contributed by atoms with Crippen LogP contribution >= 0.6 is 0 Å². The predicted octanol–water partition coefficient (Wildman–Crippen LogP) is 2.31. The number of hydrogen-bond donors (Lipinski definition) is 0. The normalized spacial score (nSPS) is 10.3. The molecule has 0 aromatic heterocycles. The van der Waals surface area contributed by atoms with Gasteiger partial charge in [-0.3, -0.25) is 4.79 Å². The van der Waals surface area contributed by atoms with Crippen LogP contribution in [-0.2, 0) is 4.79 Å². The van der Waals surface area contributed by atoms with E-state index in [0.29, 0.717) is 11.5 Å². The van der Waals surface area contributed by atoms with E-state index in [9.17, 15) is 4.79 Å². The van der Waals surface area contributed by atoms with Gasteiger partial charge in [-0.15, -0.1) is 0 Å². The fraction of sp³-hybridized carbons (Fsp3) is 0.250. The van der Waals surface area contributed by atoms with Crippen LogP contribution < -0.4 is 9.47 Å². The molecule has 0 saturated heterocycles. The van der Waals surface area contributed by atoms with Crippen LogP contribution in [0.5, 0.6) is 11.5 Å². The second-order valence-corrected chi connectivity index (χ2v) is 3.06. The van der Waals surface area contributed by atoms with Crippen LogP contribution in [0.3, 0.4) is 0 Å². The van der Waals surface area contributed by atoms with E-state index in [4.69, 9.17) is 9.47 Å². The molecule has 0 N–H and O–H groups in total. The zero-order chi connectivity index (χ0) is 11.3. The molecule has 15 heavy (non-hydrogen) atoms. The van der Waals surface area contributed by atoms with Crippen LogP contribution in [0.4, 0.5) is 0 Å². The number of benzene rings is 1. The van der Waals surface area contributed by atoms with Gasteiger partial charge in [0.15, 0.2) is 17.3 Å². The Morgan fingerprint density at radius 1 is 1.20 bits per heavy atom. The molecule has 0 aliphatic rings. The van der Waals surface area contributed by atoms with E-state index >= 15 is 0 Å². The fourth-order valence-electron chi connectivity index (χ4n) is 1.17. The summed E-state index contributed by atoms with van der Waals surface area (Å²) in [6, 6.07) is 5.48. The molecule has 0 heterocycles. The molecule has 1 aromatic carbocycles. The van der Waals surface area contributed by atoms with E-state index < -0.39 is 0 Å². The van der Waals surface area contributed by atoms with Crippen LogP contribution in [0.1, 0.15) is 12.5 Å². The summed E-state index contributed by atoms with van der Waals surface area (Å²) in [7, 11) is 3.17. The third-order valence-electron chi connectivity index (χ3n) is 1.92. The predicted molar refractivity (Wildman–Crippen MR) is 59.3 cm³/mol.